The molecule has 0 aromatic heterocycles. The van der Waals surface area contributed by atoms with Crippen molar-refractivity contribution in [3.05, 3.63) is 29.8 Å². The molecule has 1 heterocycles. The highest BCUT2D eigenvalue weighted by Gasteiger charge is 2.35. The molecule has 1 fully saturated rings. The van der Waals surface area contributed by atoms with E-state index >= 15 is 0 Å². The summed E-state index contributed by atoms with van der Waals surface area (Å²) in [6, 6.07) is 6.16. The fourth-order valence-electron chi connectivity index (χ4n) is 2.00. The molecule has 1 atom stereocenters. The van der Waals surface area contributed by atoms with Gasteiger partial charge in [0.05, 0.1) is 12.5 Å². The molecule has 0 bridgehead atoms. The number of carbonyl (C=O) groups is 2. The first-order valence-electron chi connectivity index (χ1n) is 6.83. The number of hydrogen-bond acceptors (Lipinski definition) is 4. The van der Waals surface area contributed by atoms with Gasteiger partial charge in [0.1, 0.15) is 11.8 Å². The Bertz CT molecular complexity index is 532. The Labute approximate surface area is 128 Å². The minimum atomic E-state index is -0.958. The number of hydrogen-bond donors (Lipinski definition) is 1. The summed E-state index contributed by atoms with van der Waals surface area (Å²) in [5.74, 6) is 0.657. The van der Waals surface area contributed by atoms with Crippen LogP contribution < -0.4 is 4.74 Å². The van der Waals surface area contributed by atoms with Gasteiger partial charge in [-0.2, -0.15) is 0 Å². The molecule has 1 saturated heterocycles. The van der Waals surface area contributed by atoms with Gasteiger partial charge in [0.2, 0.25) is 0 Å². The molecule has 1 amide bonds. The fraction of sp³-hybridized carbons (Fsp3) is 0.467. The average molecular weight is 309 g/mol. The van der Waals surface area contributed by atoms with Gasteiger partial charge in [-0.25, -0.2) is 4.79 Å². The van der Waals surface area contributed by atoms with Crippen LogP contribution in [0.3, 0.4) is 0 Å². The Morgan fingerprint density at radius 1 is 1.48 bits per heavy atom. The van der Waals surface area contributed by atoms with Crippen LogP contribution in [-0.4, -0.2) is 46.2 Å². The van der Waals surface area contributed by atoms with Gasteiger partial charge in [0.25, 0.3) is 5.91 Å². The summed E-state index contributed by atoms with van der Waals surface area (Å²) in [4.78, 5) is 25.0. The van der Waals surface area contributed by atoms with Crippen molar-refractivity contribution in [1.29, 1.82) is 0 Å². The van der Waals surface area contributed by atoms with Crippen molar-refractivity contribution in [2.75, 3.05) is 18.2 Å². The van der Waals surface area contributed by atoms with Gasteiger partial charge in [-0.1, -0.05) is 19.9 Å². The molecule has 1 aliphatic heterocycles. The zero-order valence-corrected chi connectivity index (χ0v) is 12.9. The number of aliphatic carboxylic acids is 1. The van der Waals surface area contributed by atoms with Crippen LogP contribution in [0.4, 0.5) is 0 Å². The molecular formula is C15H19NO4S. The summed E-state index contributed by atoms with van der Waals surface area (Å²) in [5.41, 5.74) is 0.463. The van der Waals surface area contributed by atoms with Gasteiger partial charge in [0, 0.05) is 11.3 Å². The number of carbonyl (C=O) groups excluding carboxylic acids is 1. The van der Waals surface area contributed by atoms with Gasteiger partial charge in [-0.05, 0) is 24.1 Å². The summed E-state index contributed by atoms with van der Waals surface area (Å²) in [5, 5.41) is 9.15. The first-order chi connectivity index (χ1) is 9.99. The Balaban J connectivity index is 2.12. The van der Waals surface area contributed by atoms with E-state index in [4.69, 9.17) is 9.84 Å². The van der Waals surface area contributed by atoms with E-state index in [0.717, 1.165) is 0 Å². The van der Waals surface area contributed by atoms with Gasteiger partial charge >= 0.3 is 5.97 Å². The van der Waals surface area contributed by atoms with Gasteiger partial charge < -0.3 is 14.7 Å². The smallest absolute Gasteiger partial charge is 0.327 e. The summed E-state index contributed by atoms with van der Waals surface area (Å²) < 4.78 is 5.60. The van der Waals surface area contributed by atoms with Crippen molar-refractivity contribution < 1.29 is 19.4 Å². The minimum absolute atomic E-state index is 0.262. The number of amides is 1. The summed E-state index contributed by atoms with van der Waals surface area (Å²) in [6.45, 7) is 4.68. The molecule has 6 heteroatoms. The zero-order valence-electron chi connectivity index (χ0n) is 12.1. The lowest BCUT2D eigenvalue weighted by Crippen LogP contribution is -2.41. The summed E-state index contributed by atoms with van der Waals surface area (Å²) >= 11 is 1.45. The predicted molar refractivity (Wildman–Crippen MR) is 81.7 cm³/mol. The Morgan fingerprint density at radius 2 is 2.24 bits per heavy atom. The number of rotatable bonds is 5. The maximum Gasteiger partial charge on any atom is 0.327 e. The number of ether oxygens (including phenoxy) is 1. The number of carboxylic acid groups (broad SMARTS) is 1. The topological polar surface area (TPSA) is 66.8 Å². The molecule has 0 radical (unpaired) electrons. The molecule has 0 saturated carbocycles. The average Bonchev–Trinajstić information content (AvgIpc) is 2.94. The minimum Gasteiger partial charge on any atom is -0.493 e. The lowest BCUT2D eigenvalue weighted by molar-refractivity contribution is -0.140. The highest BCUT2D eigenvalue weighted by Crippen LogP contribution is 2.24. The molecule has 1 aromatic rings. The van der Waals surface area contributed by atoms with Crippen LogP contribution in [0.25, 0.3) is 0 Å². The van der Waals surface area contributed by atoms with E-state index in [9.17, 15) is 9.59 Å². The Morgan fingerprint density at radius 3 is 2.90 bits per heavy atom. The monoisotopic (exact) mass is 309 g/mol. The van der Waals surface area contributed by atoms with Gasteiger partial charge in [-0.15, -0.1) is 11.8 Å². The molecule has 1 aliphatic rings. The molecule has 5 nitrogen and oxygen atoms in total. The van der Waals surface area contributed by atoms with Gasteiger partial charge in [0.15, 0.2) is 0 Å². The van der Waals surface area contributed by atoms with E-state index in [2.05, 4.69) is 0 Å². The van der Waals surface area contributed by atoms with E-state index in [0.29, 0.717) is 35.5 Å². The first-order valence-corrected chi connectivity index (χ1v) is 7.99. The van der Waals surface area contributed by atoms with E-state index < -0.39 is 12.0 Å². The molecule has 0 unspecified atom stereocenters. The van der Waals surface area contributed by atoms with Crippen LogP contribution in [-0.2, 0) is 4.79 Å². The van der Waals surface area contributed by atoms with Crippen molar-refractivity contribution in [2.45, 2.75) is 19.9 Å². The molecular weight excluding hydrogens is 290 g/mol. The molecule has 0 spiro atoms. The second-order valence-electron chi connectivity index (χ2n) is 5.36. The molecule has 21 heavy (non-hydrogen) atoms. The second-order valence-corrected chi connectivity index (χ2v) is 6.36. The third-order valence-electron chi connectivity index (χ3n) is 3.09. The van der Waals surface area contributed by atoms with Crippen LogP contribution in [0.2, 0.25) is 0 Å². The zero-order chi connectivity index (χ0) is 15.4. The van der Waals surface area contributed by atoms with Crippen molar-refractivity contribution in [2.24, 2.45) is 5.92 Å². The highest BCUT2D eigenvalue weighted by molar-refractivity contribution is 7.99. The maximum absolute atomic E-state index is 12.4. The molecule has 0 aliphatic carbocycles. The Hall–Kier alpha value is -1.69. The molecule has 114 valence electrons. The fourth-order valence-corrected chi connectivity index (χ4v) is 3.14. The molecule has 1 N–H and O–H groups in total. The van der Waals surface area contributed by atoms with Crippen molar-refractivity contribution >= 4 is 23.6 Å². The predicted octanol–water partition coefficient (Wildman–Crippen LogP) is 2.32. The van der Waals surface area contributed by atoms with E-state index in [1.54, 1.807) is 24.3 Å². The SMILES string of the molecule is CC(C)COc1cccc(C(=O)N2CSC[C@H]2C(=O)O)c1. The standard InChI is InChI=1S/C15H19NO4S/c1-10(2)7-20-12-5-3-4-11(6-12)14(17)16-9-21-8-13(16)15(18)19/h3-6,10,13H,7-9H2,1-2H3,(H,18,19)/t13-/m0/s1. The number of carboxylic acids is 1. The normalized spacial score (nSPS) is 18.0. The molecule has 2 rings (SSSR count). The summed E-state index contributed by atoms with van der Waals surface area (Å²) in [6.07, 6.45) is 0. The largest absolute Gasteiger partial charge is 0.493 e. The summed E-state index contributed by atoms with van der Waals surface area (Å²) in [7, 11) is 0. The van der Waals surface area contributed by atoms with E-state index in [1.165, 1.54) is 16.7 Å². The lowest BCUT2D eigenvalue weighted by Gasteiger charge is -2.20. The quantitative estimate of drug-likeness (QED) is 0.904. The number of thioether (sulfide) groups is 1. The maximum atomic E-state index is 12.4. The van der Waals surface area contributed by atoms with E-state index in [-0.39, 0.29) is 5.91 Å². The number of benzene rings is 1. The van der Waals surface area contributed by atoms with Crippen LogP contribution in [0.1, 0.15) is 24.2 Å². The third kappa shape index (κ3) is 3.91. The lowest BCUT2D eigenvalue weighted by atomic mass is 10.1. The number of nitrogens with zero attached hydrogens (tertiary/aromatic N) is 1. The third-order valence-corrected chi connectivity index (χ3v) is 4.10. The van der Waals surface area contributed by atoms with Crippen molar-refractivity contribution in [1.82, 2.24) is 4.90 Å². The van der Waals surface area contributed by atoms with Crippen molar-refractivity contribution in [3.63, 3.8) is 0 Å². The van der Waals surface area contributed by atoms with Gasteiger partial charge in [-0.3, -0.25) is 4.79 Å². The van der Waals surface area contributed by atoms with Crippen LogP contribution in [0, 0.1) is 5.92 Å². The van der Waals surface area contributed by atoms with E-state index in [1.807, 2.05) is 13.8 Å². The Kier molecular flexibility index (Phi) is 5.12. The van der Waals surface area contributed by atoms with Crippen molar-refractivity contribution in [3.8, 4) is 5.75 Å². The van der Waals surface area contributed by atoms with Crippen LogP contribution in [0.15, 0.2) is 24.3 Å². The second kappa shape index (κ2) is 6.85. The molecule has 1 aromatic carbocycles. The van der Waals surface area contributed by atoms with Crippen LogP contribution in [0.5, 0.6) is 5.75 Å². The van der Waals surface area contributed by atoms with Crippen LogP contribution >= 0.6 is 11.8 Å². The first kappa shape index (κ1) is 15.7. The highest BCUT2D eigenvalue weighted by atomic mass is 32.2.